The molecule has 0 spiro atoms. The van der Waals surface area contributed by atoms with Crippen LogP contribution in [0.4, 0.5) is 5.69 Å². The van der Waals surface area contributed by atoms with Gasteiger partial charge in [0.1, 0.15) is 17.2 Å². The van der Waals surface area contributed by atoms with Crippen LogP contribution >= 0.6 is 0 Å². The standard InChI is InChI=1S/C22H30N2O6S/c1-16(20-15-19(29-3)12-13-21(20)30-4)23-22(25)7-6-14-24(31(5,26)27)17-8-10-18(28-2)11-9-17/h8-13,15-16H,6-7,14H2,1-5H3,(H,23,25)/t16-/m0/s1. The Kier molecular flexibility index (Phi) is 8.56. The van der Waals surface area contributed by atoms with E-state index in [1.165, 1.54) is 4.31 Å². The summed E-state index contributed by atoms with van der Waals surface area (Å²) < 4.78 is 41.5. The summed E-state index contributed by atoms with van der Waals surface area (Å²) in [4.78, 5) is 12.5. The molecule has 31 heavy (non-hydrogen) atoms. The van der Waals surface area contributed by atoms with Crippen molar-refractivity contribution in [3.63, 3.8) is 0 Å². The minimum atomic E-state index is -3.49. The van der Waals surface area contributed by atoms with Crippen molar-refractivity contribution in [2.45, 2.75) is 25.8 Å². The van der Waals surface area contributed by atoms with Crippen LogP contribution in [0, 0.1) is 0 Å². The molecular formula is C22H30N2O6S. The molecule has 0 aromatic heterocycles. The Balaban J connectivity index is 1.99. The zero-order chi connectivity index (χ0) is 23.0. The molecule has 170 valence electrons. The lowest BCUT2D eigenvalue weighted by atomic mass is 10.1. The molecule has 1 amide bonds. The maximum absolute atomic E-state index is 12.5. The minimum absolute atomic E-state index is 0.179. The van der Waals surface area contributed by atoms with Gasteiger partial charge in [-0.3, -0.25) is 9.10 Å². The number of carbonyl (C=O) groups excluding carboxylic acids is 1. The Morgan fingerprint density at radius 1 is 1.00 bits per heavy atom. The van der Waals surface area contributed by atoms with E-state index in [4.69, 9.17) is 14.2 Å². The fraction of sp³-hybridized carbons (Fsp3) is 0.409. The number of hydrogen-bond acceptors (Lipinski definition) is 6. The number of benzene rings is 2. The van der Waals surface area contributed by atoms with Gasteiger partial charge < -0.3 is 19.5 Å². The summed E-state index contributed by atoms with van der Waals surface area (Å²) in [6.45, 7) is 2.05. The third-order valence-electron chi connectivity index (χ3n) is 4.81. The molecule has 2 rings (SSSR count). The smallest absolute Gasteiger partial charge is 0.232 e. The maximum Gasteiger partial charge on any atom is 0.232 e. The van der Waals surface area contributed by atoms with Crippen molar-refractivity contribution >= 4 is 21.6 Å². The van der Waals surface area contributed by atoms with Crippen molar-refractivity contribution in [1.29, 1.82) is 0 Å². The molecule has 8 nitrogen and oxygen atoms in total. The van der Waals surface area contributed by atoms with Gasteiger partial charge in [0.05, 0.1) is 39.3 Å². The number of nitrogens with zero attached hydrogens (tertiary/aromatic N) is 1. The van der Waals surface area contributed by atoms with Crippen LogP contribution in [0.1, 0.15) is 31.4 Å². The second kappa shape index (κ2) is 10.9. The van der Waals surface area contributed by atoms with Gasteiger partial charge in [-0.1, -0.05) is 0 Å². The second-order valence-electron chi connectivity index (χ2n) is 7.03. The van der Waals surface area contributed by atoms with Crippen LogP contribution in [0.2, 0.25) is 0 Å². The summed E-state index contributed by atoms with van der Waals surface area (Å²) in [5, 5.41) is 2.93. The first kappa shape index (κ1) is 24.3. The molecular weight excluding hydrogens is 420 g/mol. The highest BCUT2D eigenvalue weighted by molar-refractivity contribution is 7.92. The molecule has 2 aromatic rings. The van der Waals surface area contributed by atoms with Gasteiger partial charge in [-0.25, -0.2) is 8.42 Å². The Morgan fingerprint density at radius 2 is 1.61 bits per heavy atom. The molecule has 0 aliphatic heterocycles. The van der Waals surface area contributed by atoms with Gasteiger partial charge in [0.25, 0.3) is 0 Å². The molecule has 1 atom stereocenters. The summed E-state index contributed by atoms with van der Waals surface area (Å²) in [7, 11) is 1.20. The molecule has 0 aliphatic rings. The average Bonchev–Trinajstić information content (AvgIpc) is 2.75. The van der Waals surface area contributed by atoms with E-state index in [0.29, 0.717) is 29.4 Å². The van der Waals surface area contributed by atoms with Crippen LogP contribution in [0.5, 0.6) is 17.2 Å². The van der Waals surface area contributed by atoms with Gasteiger partial charge in [0.2, 0.25) is 15.9 Å². The molecule has 0 heterocycles. The second-order valence-corrected chi connectivity index (χ2v) is 8.94. The number of hydrogen-bond donors (Lipinski definition) is 1. The third kappa shape index (κ3) is 6.78. The van der Waals surface area contributed by atoms with E-state index < -0.39 is 10.0 Å². The van der Waals surface area contributed by atoms with Gasteiger partial charge in [0.15, 0.2) is 0 Å². The van der Waals surface area contributed by atoms with Gasteiger partial charge in [-0.2, -0.15) is 0 Å². The van der Waals surface area contributed by atoms with E-state index >= 15 is 0 Å². The lowest BCUT2D eigenvalue weighted by Gasteiger charge is -2.23. The fourth-order valence-corrected chi connectivity index (χ4v) is 4.15. The van der Waals surface area contributed by atoms with Crippen molar-refractivity contribution in [3.05, 3.63) is 48.0 Å². The van der Waals surface area contributed by atoms with Gasteiger partial charge in [0, 0.05) is 18.5 Å². The monoisotopic (exact) mass is 450 g/mol. The Labute approximate surface area is 184 Å². The number of rotatable bonds is 11. The number of sulfonamides is 1. The molecule has 0 fully saturated rings. The molecule has 0 saturated heterocycles. The van der Waals surface area contributed by atoms with E-state index in [-0.39, 0.29) is 24.9 Å². The molecule has 0 aliphatic carbocycles. The van der Waals surface area contributed by atoms with E-state index in [9.17, 15) is 13.2 Å². The SMILES string of the molecule is COc1ccc(N(CCCC(=O)N[C@@H](C)c2cc(OC)ccc2OC)S(C)(=O)=O)cc1. The highest BCUT2D eigenvalue weighted by atomic mass is 32.2. The Hall–Kier alpha value is -2.94. The molecule has 2 aromatic carbocycles. The normalized spacial score (nSPS) is 12.0. The largest absolute Gasteiger partial charge is 0.497 e. The van der Waals surface area contributed by atoms with Crippen LogP contribution in [-0.4, -0.2) is 48.5 Å². The van der Waals surface area contributed by atoms with Crippen molar-refractivity contribution in [3.8, 4) is 17.2 Å². The molecule has 0 bridgehead atoms. The summed E-state index contributed by atoms with van der Waals surface area (Å²) in [6, 6.07) is 11.8. The van der Waals surface area contributed by atoms with Gasteiger partial charge in [-0.15, -0.1) is 0 Å². The van der Waals surface area contributed by atoms with Gasteiger partial charge >= 0.3 is 0 Å². The van der Waals surface area contributed by atoms with Crippen LogP contribution in [0.3, 0.4) is 0 Å². The number of carbonyl (C=O) groups is 1. The molecule has 1 N–H and O–H groups in total. The zero-order valence-electron chi connectivity index (χ0n) is 18.5. The molecule has 0 saturated carbocycles. The molecule has 0 radical (unpaired) electrons. The van der Waals surface area contributed by atoms with Gasteiger partial charge in [-0.05, 0) is 55.8 Å². The van der Waals surface area contributed by atoms with Crippen LogP contribution in [0.25, 0.3) is 0 Å². The van der Waals surface area contributed by atoms with E-state index in [2.05, 4.69) is 5.32 Å². The quantitative estimate of drug-likeness (QED) is 0.565. The highest BCUT2D eigenvalue weighted by Gasteiger charge is 2.19. The molecule has 0 unspecified atom stereocenters. The number of methoxy groups -OCH3 is 3. The summed E-state index contributed by atoms with van der Waals surface area (Å²) in [6.07, 6.45) is 1.69. The first-order chi connectivity index (χ1) is 14.7. The summed E-state index contributed by atoms with van der Waals surface area (Å²) in [5.74, 6) is 1.77. The average molecular weight is 451 g/mol. The van der Waals surface area contributed by atoms with Crippen LogP contribution in [-0.2, 0) is 14.8 Å². The zero-order valence-corrected chi connectivity index (χ0v) is 19.4. The third-order valence-corrected chi connectivity index (χ3v) is 6.00. The van der Waals surface area contributed by atoms with E-state index in [0.717, 1.165) is 11.8 Å². The topological polar surface area (TPSA) is 94.2 Å². The predicted molar refractivity (Wildman–Crippen MR) is 121 cm³/mol. The lowest BCUT2D eigenvalue weighted by molar-refractivity contribution is -0.121. The van der Waals surface area contributed by atoms with E-state index in [1.807, 2.05) is 13.0 Å². The van der Waals surface area contributed by atoms with Crippen molar-refractivity contribution in [2.75, 3.05) is 38.4 Å². The molecule has 9 heteroatoms. The lowest BCUT2D eigenvalue weighted by Crippen LogP contribution is -2.32. The van der Waals surface area contributed by atoms with Crippen molar-refractivity contribution in [2.24, 2.45) is 0 Å². The fourth-order valence-electron chi connectivity index (χ4n) is 3.19. The number of anilines is 1. The summed E-state index contributed by atoms with van der Waals surface area (Å²) in [5.41, 5.74) is 1.32. The number of amides is 1. The maximum atomic E-state index is 12.5. The Bertz CT molecular complexity index is 976. The van der Waals surface area contributed by atoms with Crippen molar-refractivity contribution in [1.82, 2.24) is 5.32 Å². The predicted octanol–water partition coefficient (Wildman–Crippen LogP) is 3.14. The van der Waals surface area contributed by atoms with E-state index in [1.54, 1.807) is 57.7 Å². The number of nitrogens with one attached hydrogen (secondary N) is 1. The minimum Gasteiger partial charge on any atom is -0.497 e. The first-order valence-electron chi connectivity index (χ1n) is 9.82. The Morgan fingerprint density at radius 3 is 2.16 bits per heavy atom. The van der Waals surface area contributed by atoms with Crippen LogP contribution in [0.15, 0.2) is 42.5 Å². The number of ether oxygens (including phenoxy) is 3. The highest BCUT2D eigenvalue weighted by Crippen LogP contribution is 2.29. The summed E-state index contributed by atoms with van der Waals surface area (Å²) >= 11 is 0. The first-order valence-corrected chi connectivity index (χ1v) is 11.7. The van der Waals surface area contributed by atoms with Crippen molar-refractivity contribution < 1.29 is 27.4 Å². The van der Waals surface area contributed by atoms with Crippen LogP contribution < -0.4 is 23.8 Å².